The Morgan fingerprint density at radius 1 is 1.20 bits per heavy atom. The van der Waals surface area contributed by atoms with Crippen LogP contribution in [-0.4, -0.2) is 9.97 Å². The summed E-state index contributed by atoms with van der Waals surface area (Å²) in [5.41, 5.74) is 0.354. The van der Waals surface area contributed by atoms with Gasteiger partial charge in [0.25, 0.3) is 0 Å². The van der Waals surface area contributed by atoms with Gasteiger partial charge in [0.05, 0.1) is 5.69 Å². The van der Waals surface area contributed by atoms with Crippen LogP contribution >= 0.6 is 11.6 Å². The number of hydrogen-bond donors (Lipinski definition) is 1. The molecule has 0 saturated heterocycles. The second kappa shape index (κ2) is 4.23. The van der Waals surface area contributed by atoms with E-state index < -0.39 is 0 Å². The first kappa shape index (κ1) is 9.86. The van der Waals surface area contributed by atoms with Crippen LogP contribution in [0.1, 0.15) is 0 Å². The fraction of sp³-hybridized carbons (Fsp3) is 0. The van der Waals surface area contributed by atoms with Gasteiger partial charge in [-0.05, 0) is 29.8 Å². The molecule has 1 heterocycles. The van der Waals surface area contributed by atoms with E-state index in [0.717, 1.165) is 0 Å². The molecule has 15 heavy (non-hydrogen) atoms. The van der Waals surface area contributed by atoms with Gasteiger partial charge < -0.3 is 5.32 Å². The first-order valence-electron chi connectivity index (χ1n) is 4.26. The summed E-state index contributed by atoms with van der Waals surface area (Å²) in [6.07, 6.45) is 1.50. The van der Waals surface area contributed by atoms with Crippen molar-refractivity contribution in [3.8, 4) is 0 Å². The zero-order valence-corrected chi connectivity index (χ0v) is 8.37. The number of benzene rings is 1. The average molecular weight is 224 g/mol. The van der Waals surface area contributed by atoms with E-state index in [4.69, 9.17) is 11.6 Å². The summed E-state index contributed by atoms with van der Waals surface area (Å²) in [5, 5.41) is 2.92. The molecule has 1 N–H and O–H groups in total. The first-order valence-corrected chi connectivity index (χ1v) is 4.63. The highest BCUT2D eigenvalue weighted by atomic mass is 35.5. The zero-order chi connectivity index (χ0) is 10.7. The Labute approximate surface area is 90.9 Å². The van der Waals surface area contributed by atoms with Gasteiger partial charge in [-0.15, -0.1) is 0 Å². The molecule has 0 fully saturated rings. The van der Waals surface area contributed by atoms with E-state index in [1.54, 1.807) is 24.3 Å². The number of nitrogens with zero attached hydrogens (tertiary/aromatic N) is 2. The Hall–Kier alpha value is -1.68. The van der Waals surface area contributed by atoms with Gasteiger partial charge in [-0.3, -0.25) is 0 Å². The van der Waals surface area contributed by atoms with E-state index in [1.807, 2.05) is 0 Å². The Morgan fingerprint density at radius 2 is 2.00 bits per heavy atom. The molecule has 76 valence electrons. The molecule has 0 aliphatic rings. The van der Waals surface area contributed by atoms with E-state index in [9.17, 15) is 4.39 Å². The lowest BCUT2D eigenvalue weighted by Gasteiger charge is -2.05. The molecule has 2 rings (SSSR count). The van der Waals surface area contributed by atoms with Crippen LogP contribution in [0, 0.1) is 5.82 Å². The third kappa shape index (κ3) is 2.41. The summed E-state index contributed by atoms with van der Waals surface area (Å²) in [6, 6.07) is 7.94. The number of aromatic nitrogens is 2. The van der Waals surface area contributed by atoms with Gasteiger partial charge in [0.15, 0.2) is 0 Å². The maximum atomic E-state index is 13.2. The van der Waals surface area contributed by atoms with Crippen LogP contribution in [0.5, 0.6) is 0 Å². The van der Waals surface area contributed by atoms with Crippen LogP contribution in [0.15, 0.2) is 36.5 Å². The summed E-state index contributed by atoms with van der Waals surface area (Å²) in [7, 11) is 0. The van der Waals surface area contributed by atoms with Gasteiger partial charge in [-0.2, -0.15) is 0 Å². The summed E-state index contributed by atoms with van der Waals surface area (Å²) in [6.45, 7) is 0. The number of rotatable bonds is 2. The van der Waals surface area contributed by atoms with Gasteiger partial charge in [0, 0.05) is 6.20 Å². The van der Waals surface area contributed by atoms with Gasteiger partial charge in [-0.25, -0.2) is 14.4 Å². The fourth-order valence-electron chi connectivity index (χ4n) is 1.11. The molecule has 1 aromatic heterocycles. The van der Waals surface area contributed by atoms with Crippen molar-refractivity contribution in [1.29, 1.82) is 0 Å². The van der Waals surface area contributed by atoms with Crippen molar-refractivity contribution in [2.24, 2.45) is 0 Å². The van der Waals surface area contributed by atoms with Crippen molar-refractivity contribution < 1.29 is 4.39 Å². The molecule has 0 unspecified atom stereocenters. The lowest BCUT2D eigenvalue weighted by Crippen LogP contribution is -1.96. The predicted molar refractivity (Wildman–Crippen MR) is 56.7 cm³/mol. The number of anilines is 2. The third-order valence-corrected chi connectivity index (χ3v) is 1.94. The Bertz CT molecular complexity index is 476. The van der Waals surface area contributed by atoms with Crippen molar-refractivity contribution in [3.63, 3.8) is 0 Å². The molecule has 3 nitrogen and oxygen atoms in total. The number of hydrogen-bond acceptors (Lipinski definition) is 3. The molecule has 5 heteroatoms. The Morgan fingerprint density at radius 3 is 2.73 bits per heavy atom. The SMILES string of the molecule is Fc1ccccc1Nc1ccnc(Cl)n1. The second-order valence-corrected chi connectivity index (χ2v) is 3.15. The summed E-state index contributed by atoms with van der Waals surface area (Å²) < 4.78 is 13.2. The maximum absolute atomic E-state index is 13.2. The molecule has 0 saturated carbocycles. The maximum Gasteiger partial charge on any atom is 0.224 e. The third-order valence-electron chi connectivity index (χ3n) is 1.76. The average Bonchev–Trinajstić information content (AvgIpc) is 2.22. The minimum atomic E-state index is -0.341. The molecule has 2 aromatic rings. The first-order chi connectivity index (χ1) is 7.25. The van der Waals surface area contributed by atoms with Crippen LogP contribution in [0.2, 0.25) is 5.28 Å². The monoisotopic (exact) mass is 223 g/mol. The minimum Gasteiger partial charge on any atom is -0.338 e. The predicted octanol–water partition coefficient (Wildman–Crippen LogP) is 3.01. The van der Waals surface area contributed by atoms with E-state index in [1.165, 1.54) is 12.3 Å². The Balaban J connectivity index is 2.26. The van der Waals surface area contributed by atoms with Gasteiger partial charge in [0.2, 0.25) is 5.28 Å². The van der Waals surface area contributed by atoms with Crippen molar-refractivity contribution in [2.45, 2.75) is 0 Å². The quantitative estimate of drug-likeness (QED) is 0.796. The molecule has 0 aliphatic heterocycles. The molecule has 0 bridgehead atoms. The minimum absolute atomic E-state index is 0.122. The zero-order valence-electron chi connectivity index (χ0n) is 7.61. The van der Waals surface area contributed by atoms with Crippen LogP contribution in [0.3, 0.4) is 0 Å². The number of para-hydroxylation sites is 1. The van der Waals surface area contributed by atoms with Gasteiger partial charge >= 0.3 is 0 Å². The molecular formula is C10H7ClFN3. The number of nitrogens with one attached hydrogen (secondary N) is 1. The van der Waals surface area contributed by atoms with E-state index in [2.05, 4.69) is 15.3 Å². The summed E-state index contributed by atoms with van der Waals surface area (Å²) in [5.74, 6) is 0.118. The van der Waals surface area contributed by atoms with Crippen LogP contribution < -0.4 is 5.32 Å². The number of halogens is 2. The molecule has 0 atom stereocenters. The highest BCUT2D eigenvalue weighted by molar-refractivity contribution is 6.28. The molecule has 1 aromatic carbocycles. The highest BCUT2D eigenvalue weighted by Crippen LogP contribution is 2.17. The van der Waals surface area contributed by atoms with Crippen molar-refractivity contribution >= 4 is 23.1 Å². The van der Waals surface area contributed by atoms with Crippen molar-refractivity contribution in [3.05, 3.63) is 47.6 Å². The van der Waals surface area contributed by atoms with Crippen LogP contribution in [-0.2, 0) is 0 Å². The smallest absolute Gasteiger partial charge is 0.224 e. The highest BCUT2D eigenvalue weighted by Gasteiger charge is 2.01. The van der Waals surface area contributed by atoms with Gasteiger partial charge in [0.1, 0.15) is 11.6 Å². The molecule has 0 aliphatic carbocycles. The topological polar surface area (TPSA) is 37.8 Å². The van der Waals surface area contributed by atoms with Crippen molar-refractivity contribution in [1.82, 2.24) is 9.97 Å². The standard InChI is InChI=1S/C10H7ClFN3/c11-10-13-6-5-9(15-10)14-8-4-2-1-3-7(8)12/h1-6H,(H,13,14,15). The van der Waals surface area contributed by atoms with E-state index in [-0.39, 0.29) is 11.1 Å². The fourth-order valence-corrected chi connectivity index (χ4v) is 1.25. The molecular weight excluding hydrogens is 217 g/mol. The van der Waals surface area contributed by atoms with Crippen molar-refractivity contribution in [2.75, 3.05) is 5.32 Å². The largest absolute Gasteiger partial charge is 0.338 e. The molecule has 0 amide bonds. The van der Waals surface area contributed by atoms with E-state index in [0.29, 0.717) is 11.5 Å². The normalized spacial score (nSPS) is 10.0. The lowest BCUT2D eigenvalue weighted by molar-refractivity contribution is 0.632. The van der Waals surface area contributed by atoms with Crippen LogP contribution in [0.4, 0.5) is 15.9 Å². The summed E-state index contributed by atoms with van der Waals surface area (Å²) >= 11 is 5.59. The van der Waals surface area contributed by atoms with Gasteiger partial charge in [-0.1, -0.05) is 12.1 Å². The van der Waals surface area contributed by atoms with E-state index >= 15 is 0 Å². The molecule has 0 radical (unpaired) electrons. The Kier molecular flexibility index (Phi) is 2.78. The summed E-state index contributed by atoms with van der Waals surface area (Å²) in [4.78, 5) is 7.61. The second-order valence-electron chi connectivity index (χ2n) is 2.82. The van der Waals surface area contributed by atoms with Crippen LogP contribution in [0.25, 0.3) is 0 Å². The lowest BCUT2D eigenvalue weighted by atomic mass is 10.3. The molecule has 0 spiro atoms.